The van der Waals surface area contributed by atoms with Gasteiger partial charge in [-0.15, -0.1) is 0 Å². The zero-order valence-electron chi connectivity index (χ0n) is 7.92. The Morgan fingerprint density at radius 3 is 2.56 bits per heavy atom. The summed E-state index contributed by atoms with van der Waals surface area (Å²) in [5.74, 6) is 0.559. The minimum Gasteiger partial charge on any atom is -0.323 e. The molecule has 0 saturated heterocycles. The Kier molecular flexibility index (Phi) is 3.99. The van der Waals surface area contributed by atoms with Gasteiger partial charge in [-0.1, -0.05) is 11.6 Å². The number of aromatic nitrogens is 2. The third kappa shape index (κ3) is 3.05. The molecule has 1 N–H and O–H groups in total. The first-order chi connectivity index (χ1) is 7.65. The lowest BCUT2D eigenvalue weighted by Gasteiger charge is -2.06. The molecule has 0 spiro atoms. The van der Waals surface area contributed by atoms with Crippen LogP contribution in [-0.4, -0.2) is 9.97 Å². The summed E-state index contributed by atoms with van der Waals surface area (Å²) in [6, 6.07) is 5.49. The van der Waals surface area contributed by atoms with Crippen molar-refractivity contribution in [2.75, 3.05) is 5.32 Å². The van der Waals surface area contributed by atoms with Gasteiger partial charge >= 0.3 is 0 Å². The van der Waals surface area contributed by atoms with E-state index in [1.807, 2.05) is 12.1 Å². The summed E-state index contributed by atoms with van der Waals surface area (Å²) >= 11 is 11.4. The average Bonchev–Trinajstić information content (AvgIpc) is 2.25. The SMILES string of the molecule is Clc1ccc(Nc2ncc(I)cn2)c(Br)c1. The molecule has 0 aliphatic heterocycles. The summed E-state index contributed by atoms with van der Waals surface area (Å²) in [4.78, 5) is 8.31. The highest BCUT2D eigenvalue weighted by Crippen LogP contribution is 2.27. The molecule has 1 aromatic carbocycles. The highest BCUT2D eigenvalue weighted by atomic mass is 127. The maximum absolute atomic E-state index is 5.85. The fourth-order valence-corrected chi connectivity index (χ4v) is 2.15. The predicted molar refractivity (Wildman–Crippen MR) is 77.2 cm³/mol. The molecule has 16 heavy (non-hydrogen) atoms. The van der Waals surface area contributed by atoms with Gasteiger partial charge in [0.15, 0.2) is 0 Å². The van der Waals surface area contributed by atoms with Crippen molar-refractivity contribution in [2.24, 2.45) is 0 Å². The molecule has 1 aromatic heterocycles. The van der Waals surface area contributed by atoms with Gasteiger partial charge in [-0.25, -0.2) is 9.97 Å². The summed E-state index contributed by atoms with van der Waals surface area (Å²) in [5.41, 5.74) is 0.880. The molecule has 2 rings (SSSR count). The van der Waals surface area contributed by atoms with Crippen molar-refractivity contribution in [1.29, 1.82) is 0 Å². The second-order valence-electron chi connectivity index (χ2n) is 2.97. The van der Waals surface area contributed by atoms with Crippen molar-refractivity contribution in [3.63, 3.8) is 0 Å². The Morgan fingerprint density at radius 2 is 1.94 bits per heavy atom. The van der Waals surface area contributed by atoms with Crippen LogP contribution in [0.3, 0.4) is 0 Å². The van der Waals surface area contributed by atoms with Gasteiger partial charge in [0.1, 0.15) is 0 Å². The Bertz CT molecular complexity index is 504. The van der Waals surface area contributed by atoms with Gasteiger partial charge in [-0.05, 0) is 56.7 Å². The lowest BCUT2D eigenvalue weighted by Crippen LogP contribution is -1.97. The molecule has 1 heterocycles. The van der Waals surface area contributed by atoms with Crippen LogP contribution < -0.4 is 5.32 Å². The second-order valence-corrected chi connectivity index (χ2v) is 5.51. The van der Waals surface area contributed by atoms with Crippen LogP contribution in [0, 0.1) is 3.57 Å². The van der Waals surface area contributed by atoms with Gasteiger partial charge in [-0.3, -0.25) is 0 Å². The Balaban J connectivity index is 2.23. The minimum atomic E-state index is 0.559. The zero-order chi connectivity index (χ0) is 11.5. The molecule has 0 saturated carbocycles. The average molecular weight is 410 g/mol. The molecule has 0 fully saturated rings. The minimum absolute atomic E-state index is 0.559. The number of rotatable bonds is 2. The van der Waals surface area contributed by atoms with E-state index in [4.69, 9.17) is 11.6 Å². The number of anilines is 2. The van der Waals surface area contributed by atoms with Crippen molar-refractivity contribution in [2.45, 2.75) is 0 Å². The van der Waals surface area contributed by atoms with Gasteiger partial charge in [0, 0.05) is 25.5 Å². The van der Waals surface area contributed by atoms with Crippen LogP contribution in [0.25, 0.3) is 0 Å². The summed E-state index contributed by atoms with van der Waals surface area (Å²) in [6.45, 7) is 0. The second kappa shape index (κ2) is 5.29. The van der Waals surface area contributed by atoms with E-state index in [0.717, 1.165) is 13.7 Å². The van der Waals surface area contributed by atoms with Gasteiger partial charge < -0.3 is 5.32 Å². The molecule has 2 aromatic rings. The zero-order valence-corrected chi connectivity index (χ0v) is 12.4. The quantitative estimate of drug-likeness (QED) is 0.753. The number of hydrogen-bond acceptors (Lipinski definition) is 3. The van der Waals surface area contributed by atoms with Gasteiger partial charge in [0.25, 0.3) is 0 Å². The number of nitrogens with zero attached hydrogens (tertiary/aromatic N) is 2. The molecule has 0 aliphatic rings. The van der Waals surface area contributed by atoms with E-state index in [2.05, 4.69) is 53.8 Å². The van der Waals surface area contributed by atoms with Crippen molar-refractivity contribution >= 4 is 61.8 Å². The lowest BCUT2D eigenvalue weighted by atomic mass is 10.3. The van der Waals surface area contributed by atoms with Gasteiger partial charge in [0.2, 0.25) is 5.95 Å². The van der Waals surface area contributed by atoms with E-state index in [1.165, 1.54) is 0 Å². The molecule has 82 valence electrons. The summed E-state index contributed by atoms with van der Waals surface area (Å²) < 4.78 is 1.88. The molecule has 0 amide bonds. The van der Waals surface area contributed by atoms with Crippen LogP contribution >= 0.6 is 50.1 Å². The Hall–Kier alpha value is -0.400. The van der Waals surface area contributed by atoms with Crippen molar-refractivity contribution < 1.29 is 0 Å². The lowest BCUT2D eigenvalue weighted by molar-refractivity contribution is 1.15. The maximum Gasteiger partial charge on any atom is 0.227 e. The fraction of sp³-hybridized carbons (Fsp3) is 0. The Labute approximate surface area is 120 Å². The number of benzene rings is 1. The van der Waals surface area contributed by atoms with Crippen LogP contribution in [0.5, 0.6) is 0 Å². The van der Waals surface area contributed by atoms with Crippen LogP contribution in [0.4, 0.5) is 11.6 Å². The highest BCUT2D eigenvalue weighted by Gasteiger charge is 2.02. The van der Waals surface area contributed by atoms with E-state index < -0.39 is 0 Å². The van der Waals surface area contributed by atoms with Crippen molar-refractivity contribution in [1.82, 2.24) is 9.97 Å². The molecule has 0 radical (unpaired) electrons. The van der Waals surface area contributed by atoms with Crippen molar-refractivity contribution in [3.8, 4) is 0 Å². The van der Waals surface area contributed by atoms with E-state index in [9.17, 15) is 0 Å². The molecule has 6 heteroatoms. The van der Waals surface area contributed by atoms with E-state index in [1.54, 1.807) is 18.5 Å². The first-order valence-electron chi connectivity index (χ1n) is 4.35. The van der Waals surface area contributed by atoms with Gasteiger partial charge in [0.05, 0.1) is 5.69 Å². The fourth-order valence-electron chi connectivity index (χ4n) is 1.09. The molecular weight excluding hydrogens is 404 g/mol. The number of nitrogens with one attached hydrogen (secondary N) is 1. The van der Waals surface area contributed by atoms with E-state index in [-0.39, 0.29) is 0 Å². The smallest absolute Gasteiger partial charge is 0.227 e. The Morgan fingerprint density at radius 1 is 1.25 bits per heavy atom. The normalized spacial score (nSPS) is 10.2. The number of halogens is 3. The van der Waals surface area contributed by atoms with Crippen LogP contribution in [-0.2, 0) is 0 Å². The first kappa shape index (κ1) is 12.1. The summed E-state index contributed by atoms with van der Waals surface area (Å²) in [7, 11) is 0. The third-order valence-electron chi connectivity index (χ3n) is 1.80. The summed E-state index contributed by atoms with van der Waals surface area (Å²) in [6.07, 6.45) is 3.50. The number of hydrogen-bond donors (Lipinski definition) is 1. The molecule has 3 nitrogen and oxygen atoms in total. The van der Waals surface area contributed by atoms with E-state index in [0.29, 0.717) is 11.0 Å². The third-order valence-corrected chi connectivity index (χ3v) is 3.25. The monoisotopic (exact) mass is 409 g/mol. The first-order valence-corrected chi connectivity index (χ1v) is 6.60. The predicted octanol–water partition coefficient (Wildman–Crippen LogP) is 4.24. The maximum atomic E-state index is 5.85. The molecule has 0 aliphatic carbocycles. The molecular formula is C10H6BrClIN3. The summed E-state index contributed by atoms with van der Waals surface area (Å²) in [5, 5.41) is 3.78. The van der Waals surface area contributed by atoms with Gasteiger partial charge in [-0.2, -0.15) is 0 Å². The van der Waals surface area contributed by atoms with Crippen LogP contribution in [0.1, 0.15) is 0 Å². The molecule has 0 unspecified atom stereocenters. The van der Waals surface area contributed by atoms with Crippen LogP contribution in [0.2, 0.25) is 5.02 Å². The molecule has 0 bridgehead atoms. The molecule has 0 atom stereocenters. The standard InChI is InChI=1S/C10H6BrClIN3/c11-8-3-6(12)1-2-9(8)16-10-14-4-7(13)5-15-10/h1-5H,(H,14,15,16). The van der Waals surface area contributed by atoms with Crippen molar-refractivity contribution in [3.05, 3.63) is 43.7 Å². The van der Waals surface area contributed by atoms with Crippen LogP contribution in [0.15, 0.2) is 35.1 Å². The van der Waals surface area contributed by atoms with E-state index >= 15 is 0 Å². The largest absolute Gasteiger partial charge is 0.323 e. The topological polar surface area (TPSA) is 37.8 Å². The highest BCUT2D eigenvalue weighted by molar-refractivity contribution is 14.1.